The van der Waals surface area contributed by atoms with Crippen LogP contribution < -0.4 is 4.72 Å². The molecule has 0 radical (unpaired) electrons. The van der Waals surface area contributed by atoms with Crippen molar-refractivity contribution in [1.82, 2.24) is 14.6 Å². The van der Waals surface area contributed by atoms with Gasteiger partial charge in [0.1, 0.15) is 10.3 Å². The maximum absolute atomic E-state index is 13.0. The molecule has 1 aliphatic carbocycles. The second-order valence-corrected chi connectivity index (χ2v) is 12.4. The molecule has 0 aromatic carbocycles. The highest BCUT2D eigenvalue weighted by molar-refractivity contribution is 7.90. The van der Waals surface area contributed by atoms with E-state index in [1.165, 1.54) is 0 Å². The quantitative estimate of drug-likeness (QED) is 0.705. The summed E-state index contributed by atoms with van der Waals surface area (Å²) in [6, 6.07) is 3.73. The number of hydrogen-bond donors (Lipinski definition) is 2. The molecule has 2 atom stereocenters. The number of pyridine rings is 1. The molecule has 2 heterocycles. The number of ether oxygens (including phenoxy) is 1. The van der Waals surface area contributed by atoms with E-state index in [0.29, 0.717) is 18.8 Å². The van der Waals surface area contributed by atoms with Gasteiger partial charge in [-0.1, -0.05) is 6.07 Å². The van der Waals surface area contributed by atoms with Crippen molar-refractivity contribution < 1.29 is 19.2 Å². The van der Waals surface area contributed by atoms with Crippen molar-refractivity contribution in [2.45, 2.75) is 83.8 Å². The minimum absolute atomic E-state index is 0.0985. The van der Waals surface area contributed by atoms with E-state index in [1.54, 1.807) is 4.90 Å². The van der Waals surface area contributed by atoms with Gasteiger partial charge in [-0.2, -0.15) is 0 Å². The Bertz CT molecular complexity index is 780. The molecule has 1 spiro atoms. The van der Waals surface area contributed by atoms with Crippen LogP contribution in [0.3, 0.4) is 0 Å². The molecule has 8 heteroatoms. The topological polar surface area (TPSA) is 97.8 Å². The normalized spacial score (nSPS) is 22.1. The third-order valence-electron chi connectivity index (χ3n) is 5.86. The molecule has 0 saturated carbocycles. The SMILES string of the molecule is CC(C)(C)OC(=O)N1CCC2(CC1)Cc1nc(CO)ccc1[C@H]2N[S+]([O-])C(C)(C)C. The van der Waals surface area contributed by atoms with Crippen molar-refractivity contribution in [1.29, 1.82) is 0 Å². The third kappa shape index (κ3) is 4.93. The standard InChI is InChI=1S/C22H35N3O4S/c1-20(2,3)29-19(27)25-11-9-22(10-12-25)13-17-16(8-7-15(14-26)23-17)18(22)24-30(28)21(4,5)6/h7-8,18,24,26H,9-14H2,1-6H3/t18-,30?/m1/s1. The Balaban J connectivity index is 1.83. The molecule has 168 valence electrons. The number of piperidine rings is 1. The van der Waals surface area contributed by atoms with Gasteiger partial charge < -0.3 is 19.3 Å². The van der Waals surface area contributed by atoms with Gasteiger partial charge in [-0.25, -0.2) is 4.79 Å². The van der Waals surface area contributed by atoms with Crippen LogP contribution in [-0.2, 0) is 29.1 Å². The van der Waals surface area contributed by atoms with Crippen molar-refractivity contribution in [2.75, 3.05) is 13.1 Å². The number of aliphatic hydroxyl groups excluding tert-OH is 1. The van der Waals surface area contributed by atoms with Crippen LogP contribution in [0, 0.1) is 5.41 Å². The number of carbonyl (C=O) groups excluding carboxylic acids is 1. The lowest BCUT2D eigenvalue weighted by atomic mass is 9.73. The number of nitrogens with zero attached hydrogens (tertiary/aromatic N) is 2. The number of carbonyl (C=O) groups is 1. The zero-order valence-electron chi connectivity index (χ0n) is 18.9. The van der Waals surface area contributed by atoms with Crippen LogP contribution in [0.1, 0.15) is 77.4 Å². The Kier molecular flexibility index (Phi) is 6.45. The van der Waals surface area contributed by atoms with Crippen LogP contribution in [0.4, 0.5) is 4.79 Å². The Morgan fingerprint density at radius 3 is 2.47 bits per heavy atom. The number of fused-ring (bicyclic) bond motifs is 1. The number of aliphatic hydroxyl groups is 1. The van der Waals surface area contributed by atoms with E-state index in [2.05, 4.69) is 9.71 Å². The summed E-state index contributed by atoms with van der Waals surface area (Å²) < 4.78 is 21.5. The fourth-order valence-electron chi connectivity index (χ4n) is 4.21. The largest absolute Gasteiger partial charge is 0.598 e. The summed E-state index contributed by atoms with van der Waals surface area (Å²) in [5.41, 5.74) is 1.97. The van der Waals surface area contributed by atoms with Crippen molar-refractivity contribution >= 4 is 17.5 Å². The van der Waals surface area contributed by atoms with E-state index < -0.39 is 17.0 Å². The van der Waals surface area contributed by atoms with Gasteiger partial charge >= 0.3 is 6.09 Å². The van der Waals surface area contributed by atoms with Gasteiger partial charge in [0.15, 0.2) is 0 Å². The molecule has 1 fully saturated rings. The summed E-state index contributed by atoms with van der Waals surface area (Å²) in [4.78, 5) is 18.9. The number of aromatic nitrogens is 1. The van der Waals surface area contributed by atoms with Crippen LogP contribution in [0.25, 0.3) is 0 Å². The number of likely N-dealkylation sites (tertiary alicyclic amines) is 1. The Morgan fingerprint density at radius 1 is 1.30 bits per heavy atom. The van der Waals surface area contributed by atoms with Crippen LogP contribution in [0.15, 0.2) is 12.1 Å². The van der Waals surface area contributed by atoms with Crippen molar-refractivity contribution in [3.63, 3.8) is 0 Å². The predicted molar refractivity (Wildman–Crippen MR) is 117 cm³/mol. The van der Waals surface area contributed by atoms with Crippen LogP contribution in [0.5, 0.6) is 0 Å². The Labute approximate surface area is 182 Å². The Morgan fingerprint density at radius 2 is 1.93 bits per heavy atom. The molecule has 1 amide bonds. The van der Waals surface area contributed by atoms with Crippen LogP contribution in [0.2, 0.25) is 0 Å². The third-order valence-corrected chi connectivity index (χ3v) is 7.43. The lowest BCUT2D eigenvalue weighted by molar-refractivity contribution is 0.00711. The summed E-state index contributed by atoms with van der Waals surface area (Å²) in [5.74, 6) is 0. The molecular formula is C22H35N3O4S. The van der Waals surface area contributed by atoms with Gasteiger partial charge in [0, 0.05) is 35.6 Å². The van der Waals surface area contributed by atoms with Crippen molar-refractivity contribution in [2.24, 2.45) is 5.41 Å². The van der Waals surface area contributed by atoms with E-state index in [1.807, 2.05) is 53.7 Å². The molecule has 1 aliphatic heterocycles. The zero-order valence-corrected chi connectivity index (χ0v) is 19.8. The molecule has 1 aromatic heterocycles. The second-order valence-electron chi connectivity index (χ2n) is 10.4. The summed E-state index contributed by atoms with van der Waals surface area (Å²) in [7, 11) is 0. The van der Waals surface area contributed by atoms with Gasteiger partial charge in [-0.3, -0.25) is 4.98 Å². The molecule has 1 unspecified atom stereocenters. The summed E-state index contributed by atoms with van der Waals surface area (Å²) in [6.45, 7) is 12.6. The van der Waals surface area contributed by atoms with Crippen LogP contribution in [-0.4, -0.2) is 49.1 Å². The first-order chi connectivity index (χ1) is 13.8. The number of hydrogen-bond acceptors (Lipinski definition) is 6. The first-order valence-corrected chi connectivity index (χ1v) is 11.8. The molecular weight excluding hydrogens is 402 g/mol. The summed E-state index contributed by atoms with van der Waals surface area (Å²) in [5, 5.41) is 9.49. The fraction of sp³-hybridized carbons (Fsp3) is 0.727. The summed E-state index contributed by atoms with van der Waals surface area (Å²) >= 11 is -1.23. The van der Waals surface area contributed by atoms with Crippen LogP contribution >= 0.6 is 0 Å². The minimum Gasteiger partial charge on any atom is -0.598 e. The van der Waals surface area contributed by atoms with Crippen molar-refractivity contribution in [3.8, 4) is 0 Å². The van der Waals surface area contributed by atoms with Gasteiger partial charge in [0.05, 0.1) is 18.3 Å². The molecule has 1 aromatic rings. The average Bonchev–Trinajstić information content (AvgIpc) is 2.92. The van der Waals surface area contributed by atoms with E-state index >= 15 is 0 Å². The zero-order chi connectivity index (χ0) is 22.3. The van der Waals surface area contributed by atoms with Gasteiger partial charge in [-0.15, -0.1) is 4.72 Å². The van der Waals surface area contributed by atoms with E-state index in [4.69, 9.17) is 4.74 Å². The molecule has 30 heavy (non-hydrogen) atoms. The average molecular weight is 438 g/mol. The molecule has 0 bridgehead atoms. The lowest BCUT2D eigenvalue weighted by Gasteiger charge is -2.43. The predicted octanol–water partition coefficient (Wildman–Crippen LogP) is 3.24. The second kappa shape index (κ2) is 8.30. The number of nitrogens with one attached hydrogen (secondary N) is 1. The fourth-order valence-corrected chi connectivity index (χ4v) is 5.16. The molecule has 3 rings (SSSR count). The van der Waals surface area contributed by atoms with Gasteiger partial charge in [-0.05, 0) is 72.4 Å². The first kappa shape index (κ1) is 23.3. The molecule has 2 N–H and O–H groups in total. The minimum atomic E-state index is -1.23. The smallest absolute Gasteiger partial charge is 0.410 e. The van der Waals surface area contributed by atoms with E-state index in [9.17, 15) is 14.5 Å². The highest BCUT2D eigenvalue weighted by Gasteiger charge is 2.51. The number of amides is 1. The van der Waals surface area contributed by atoms with E-state index in [-0.39, 0.29) is 28.9 Å². The Hall–Kier alpha value is -1.35. The highest BCUT2D eigenvalue weighted by atomic mass is 32.2. The van der Waals surface area contributed by atoms with Crippen molar-refractivity contribution in [3.05, 3.63) is 29.1 Å². The van der Waals surface area contributed by atoms with Gasteiger partial charge in [0.2, 0.25) is 0 Å². The lowest BCUT2D eigenvalue weighted by Crippen LogP contribution is -2.51. The molecule has 2 aliphatic rings. The summed E-state index contributed by atoms with van der Waals surface area (Å²) in [6.07, 6.45) is 2.01. The van der Waals surface area contributed by atoms with E-state index in [0.717, 1.165) is 30.5 Å². The monoisotopic (exact) mass is 437 g/mol. The number of rotatable bonds is 3. The molecule has 1 saturated heterocycles. The maximum Gasteiger partial charge on any atom is 0.410 e. The maximum atomic E-state index is 13.0. The molecule has 7 nitrogen and oxygen atoms in total. The van der Waals surface area contributed by atoms with Gasteiger partial charge in [0.25, 0.3) is 0 Å². The first-order valence-electron chi connectivity index (χ1n) is 10.6. The highest BCUT2D eigenvalue weighted by Crippen LogP contribution is 2.52.